The number of hydrogen-bond acceptors (Lipinski definition) is 5. The summed E-state index contributed by atoms with van der Waals surface area (Å²) in [5.41, 5.74) is -0.173. The van der Waals surface area contributed by atoms with E-state index in [4.69, 9.17) is 9.47 Å². The molecular weight excluding hydrogens is 430 g/mol. The lowest BCUT2D eigenvalue weighted by Gasteiger charge is -2.28. The molecule has 1 aliphatic rings. The molecule has 1 heterocycles. The van der Waals surface area contributed by atoms with Gasteiger partial charge >= 0.3 is 12.1 Å². The summed E-state index contributed by atoms with van der Waals surface area (Å²) in [6.07, 6.45) is 0.0178. The van der Waals surface area contributed by atoms with Crippen LogP contribution >= 0.6 is 15.9 Å². The van der Waals surface area contributed by atoms with Crippen molar-refractivity contribution in [1.82, 2.24) is 4.90 Å². The van der Waals surface area contributed by atoms with Crippen molar-refractivity contribution in [1.29, 1.82) is 0 Å². The lowest BCUT2D eigenvalue weighted by atomic mass is 10.1. The Bertz CT molecular complexity index is 727. The van der Waals surface area contributed by atoms with Crippen LogP contribution in [0.4, 0.5) is 4.79 Å². The smallest absolute Gasteiger partial charge is 0.410 e. The third kappa shape index (κ3) is 6.17. The number of ketones is 1. The second-order valence-electron chi connectivity index (χ2n) is 8.53. The molecule has 6 nitrogen and oxygen atoms in total. The molecule has 1 saturated heterocycles. The van der Waals surface area contributed by atoms with Crippen LogP contribution < -0.4 is 0 Å². The lowest BCUT2D eigenvalue weighted by molar-refractivity contribution is -0.147. The van der Waals surface area contributed by atoms with Crippen molar-refractivity contribution in [2.45, 2.75) is 51.6 Å². The Balaban J connectivity index is 2.02. The monoisotopic (exact) mass is 455 g/mol. The van der Waals surface area contributed by atoms with E-state index in [1.54, 1.807) is 45.0 Å². The molecule has 0 aromatic heterocycles. The molecule has 27 heavy (non-hydrogen) atoms. The van der Waals surface area contributed by atoms with Crippen LogP contribution in [-0.4, -0.2) is 55.2 Å². The van der Waals surface area contributed by atoms with Crippen molar-refractivity contribution in [2.75, 3.05) is 12.8 Å². The van der Waals surface area contributed by atoms with Gasteiger partial charge in [-0.1, -0.05) is 41.2 Å². The van der Waals surface area contributed by atoms with Crippen molar-refractivity contribution in [3.8, 4) is 0 Å². The van der Waals surface area contributed by atoms with Gasteiger partial charge in [-0.05, 0) is 38.9 Å². The molecule has 0 aliphatic carbocycles. The number of rotatable bonds is 4. The Kier molecular flexibility index (Phi) is 6.52. The molecule has 1 fully saturated rings. The summed E-state index contributed by atoms with van der Waals surface area (Å²) >= 11 is 3.31. The highest BCUT2D eigenvalue weighted by atomic mass is 79.9. The minimum Gasteiger partial charge on any atom is -0.456 e. The molecule has 1 aliphatic heterocycles. The normalized spacial score (nSPS) is 18.9. The summed E-state index contributed by atoms with van der Waals surface area (Å²) in [6.45, 7) is 9.24. The quantitative estimate of drug-likeness (QED) is 0.389. The molecule has 0 saturated carbocycles. The molecule has 1 amide bonds. The van der Waals surface area contributed by atoms with Crippen molar-refractivity contribution in [3.63, 3.8) is 0 Å². The fourth-order valence-corrected chi connectivity index (χ4v) is 6.04. The van der Waals surface area contributed by atoms with Gasteiger partial charge in [-0.25, -0.2) is 9.59 Å². The maximum absolute atomic E-state index is 12.6. The molecule has 1 aromatic rings. The molecule has 0 N–H and O–H groups in total. The van der Waals surface area contributed by atoms with E-state index in [1.165, 1.54) is 4.90 Å². The minimum atomic E-state index is -1.76. The first-order valence-corrected chi connectivity index (χ1v) is 13.0. The predicted molar refractivity (Wildman–Crippen MR) is 108 cm³/mol. The van der Waals surface area contributed by atoms with Gasteiger partial charge in [0.15, 0.2) is 12.4 Å². The van der Waals surface area contributed by atoms with Gasteiger partial charge in [-0.2, -0.15) is 0 Å². The summed E-state index contributed by atoms with van der Waals surface area (Å²) in [5, 5.41) is 0. The van der Waals surface area contributed by atoms with Crippen LogP contribution in [0.15, 0.2) is 28.7 Å². The van der Waals surface area contributed by atoms with Crippen LogP contribution in [0.1, 0.15) is 31.1 Å². The summed E-state index contributed by atoms with van der Waals surface area (Å²) in [7, 11) is -1.76. The van der Waals surface area contributed by atoms with Crippen LogP contribution in [0.3, 0.4) is 0 Å². The number of nitrogens with zero attached hydrogens (tertiary/aromatic N) is 1. The number of halogens is 1. The summed E-state index contributed by atoms with van der Waals surface area (Å²) in [5.74, 6) is -0.835. The molecule has 0 bridgehead atoms. The molecule has 0 radical (unpaired) electrons. The number of amides is 1. The maximum Gasteiger partial charge on any atom is 0.410 e. The second-order valence-corrected chi connectivity index (χ2v) is 14.5. The Hall–Kier alpha value is -1.67. The number of esters is 1. The van der Waals surface area contributed by atoms with Gasteiger partial charge in [-0.3, -0.25) is 9.69 Å². The van der Waals surface area contributed by atoms with E-state index < -0.39 is 31.8 Å². The van der Waals surface area contributed by atoms with Crippen LogP contribution in [0.5, 0.6) is 0 Å². The van der Waals surface area contributed by atoms with Gasteiger partial charge in [-0.15, -0.1) is 0 Å². The van der Waals surface area contributed by atoms with E-state index in [0.717, 1.165) is 4.47 Å². The Morgan fingerprint density at radius 1 is 1.19 bits per heavy atom. The average Bonchev–Trinajstić information content (AvgIpc) is 2.87. The average molecular weight is 456 g/mol. The summed E-state index contributed by atoms with van der Waals surface area (Å²) < 4.78 is 11.5. The van der Waals surface area contributed by atoms with Gasteiger partial charge in [0.1, 0.15) is 11.6 Å². The zero-order valence-corrected chi connectivity index (χ0v) is 19.0. The number of benzene rings is 1. The van der Waals surface area contributed by atoms with E-state index in [9.17, 15) is 14.4 Å². The van der Waals surface area contributed by atoms with Crippen LogP contribution in [0.25, 0.3) is 0 Å². The topological polar surface area (TPSA) is 72.9 Å². The van der Waals surface area contributed by atoms with E-state index in [0.29, 0.717) is 17.8 Å². The zero-order valence-electron chi connectivity index (χ0n) is 16.4. The Labute approximate surface area is 169 Å². The van der Waals surface area contributed by atoms with E-state index in [2.05, 4.69) is 29.0 Å². The molecule has 148 valence electrons. The third-order valence-corrected chi connectivity index (χ3v) is 7.35. The molecule has 1 aromatic carbocycles. The third-order valence-electron chi connectivity index (χ3n) is 4.13. The van der Waals surface area contributed by atoms with Gasteiger partial charge in [0.05, 0.1) is 8.07 Å². The number of Topliss-reactive ketones (excluding diaryl/α,β-unsaturated/α-hetero) is 1. The van der Waals surface area contributed by atoms with Crippen LogP contribution in [-0.2, 0) is 14.3 Å². The largest absolute Gasteiger partial charge is 0.456 e. The van der Waals surface area contributed by atoms with Crippen molar-refractivity contribution in [3.05, 3.63) is 34.3 Å². The molecule has 8 heteroatoms. The first kappa shape index (κ1) is 21.6. The SMILES string of the molecule is CC(C)(C)OC(=O)N1C[Si](C)(C)CC1C(=O)OCC(=O)c1ccc(Br)cc1. The summed E-state index contributed by atoms with van der Waals surface area (Å²) in [6, 6.07) is 6.74. The van der Waals surface area contributed by atoms with E-state index in [-0.39, 0.29) is 12.4 Å². The number of carbonyl (C=O) groups is 3. The molecule has 0 spiro atoms. The first-order valence-electron chi connectivity index (χ1n) is 8.83. The Morgan fingerprint density at radius 2 is 1.78 bits per heavy atom. The predicted octanol–water partition coefficient (Wildman–Crippen LogP) is 4.04. The minimum absolute atomic E-state index is 0.283. The number of carbonyl (C=O) groups excluding carboxylic acids is 3. The standard InChI is InChI=1S/C19H26BrNO5Si/c1-19(2,3)26-18(24)21-12-27(4,5)11-15(21)17(23)25-10-16(22)13-6-8-14(20)9-7-13/h6-9,15H,10-12H2,1-5H3. The lowest BCUT2D eigenvalue weighted by Crippen LogP contribution is -2.44. The fourth-order valence-electron chi connectivity index (χ4n) is 2.94. The number of ether oxygens (including phenoxy) is 2. The molecule has 1 atom stereocenters. The summed E-state index contributed by atoms with van der Waals surface area (Å²) in [4.78, 5) is 38.8. The maximum atomic E-state index is 12.6. The van der Waals surface area contributed by atoms with Crippen molar-refractivity contribution < 1.29 is 23.9 Å². The van der Waals surface area contributed by atoms with E-state index >= 15 is 0 Å². The fraction of sp³-hybridized carbons (Fsp3) is 0.526. The molecule has 2 rings (SSSR count). The number of hydrogen-bond donors (Lipinski definition) is 0. The molecular formula is C19H26BrNO5Si. The van der Waals surface area contributed by atoms with Crippen molar-refractivity contribution >= 4 is 41.8 Å². The Morgan fingerprint density at radius 3 is 2.33 bits per heavy atom. The highest BCUT2D eigenvalue weighted by Gasteiger charge is 2.47. The molecule has 1 unspecified atom stereocenters. The first-order chi connectivity index (χ1) is 12.4. The van der Waals surface area contributed by atoms with Gasteiger partial charge in [0.25, 0.3) is 0 Å². The zero-order chi connectivity index (χ0) is 20.4. The second kappa shape index (κ2) is 8.14. The van der Waals surface area contributed by atoms with Crippen LogP contribution in [0.2, 0.25) is 19.1 Å². The van der Waals surface area contributed by atoms with E-state index in [1.807, 2.05) is 0 Å². The van der Waals surface area contributed by atoms with Gasteiger partial charge in [0, 0.05) is 16.2 Å². The highest BCUT2D eigenvalue weighted by Crippen LogP contribution is 2.29. The van der Waals surface area contributed by atoms with Gasteiger partial charge in [0.2, 0.25) is 0 Å². The van der Waals surface area contributed by atoms with Gasteiger partial charge < -0.3 is 9.47 Å². The highest BCUT2D eigenvalue weighted by molar-refractivity contribution is 9.10. The van der Waals surface area contributed by atoms with Crippen LogP contribution in [0, 0.1) is 0 Å². The van der Waals surface area contributed by atoms with Crippen molar-refractivity contribution in [2.24, 2.45) is 0 Å².